The average Bonchev–Trinajstić information content (AvgIpc) is 3.25. The lowest BCUT2D eigenvalue weighted by molar-refractivity contribution is -0.136. The van der Waals surface area contributed by atoms with E-state index in [1.165, 1.54) is 4.68 Å². The lowest BCUT2D eigenvalue weighted by atomic mass is 10.2. The number of carbonyl (C=O) groups is 2. The standard InChI is InChI=1S/C20H19N5O5S/c1-30-15-4-2-14(3-5-15)25-18(16-11-31(28,29)12-17(16)24-25)23-20(27)19(26)22-10-13-6-8-21-9-7-13/h2-9H,10-12H2,1H3,(H,22,26)(H,23,27). The number of rotatable bonds is 5. The first-order chi connectivity index (χ1) is 14.9. The topological polar surface area (TPSA) is 132 Å². The molecule has 1 aromatic carbocycles. The van der Waals surface area contributed by atoms with Crippen molar-refractivity contribution in [1.82, 2.24) is 20.1 Å². The molecule has 11 heteroatoms. The molecule has 4 rings (SSSR count). The normalized spacial score (nSPS) is 14.0. The molecule has 0 aliphatic carbocycles. The van der Waals surface area contributed by atoms with Gasteiger partial charge < -0.3 is 15.4 Å². The van der Waals surface area contributed by atoms with E-state index in [2.05, 4.69) is 20.7 Å². The molecule has 2 aromatic heterocycles. The molecular weight excluding hydrogens is 422 g/mol. The molecule has 1 aliphatic rings. The van der Waals surface area contributed by atoms with E-state index in [1.807, 2.05) is 0 Å². The van der Waals surface area contributed by atoms with Crippen molar-refractivity contribution in [1.29, 1.82) is 0 Å². The van der Waals surface area contributed by atoms with E-state index >= 15 is 0 Å². The summed E-state index contributed by atoms with van der Waals surface area (Å²) in [6.07, 6.45) is 3.16. The molecule has 0 atom stereocenters. The maximum Gasteiger partial charge on any atom is 0.314 e. The number of carbonyl (C=O) groups excluding carboxylic acids is 2. The van der Waals surface area contributed by atoms with Gasteiger partial charge in [0.15, 0.2) is 9.84 Å². The SMILES string of the molecule is COc1ccc(-n2nc3c(c2NC(=O)C(=O)NCc2ccncc2)CS(=O)(=O)C3)cc1. The van der Waals surface area contributed by atoms with Gasteiger partial charge in [-0.25, -0.2) is 13.1 Å². The summed E-state index contributed by atoms with van der Waals surface area (Å²) in [6, 6.07) is 10.3. The van der Waals surface area contributed by atoms with Gasteiger partial charge in [-0.3, -0.25) is 14.6 Å². The summed E-state index contributed by atoms with van der Waals surface area (Å²) >= 11 is 0. The molecule has 2 N–H and O–H groups in total. The number of fused-ring (bicyclic) bond motifs is 1. The molecule has 3 aromatic rings. The van der Waals surface area contributed by atoms with Crippen LogP contribution in [0.15, 0.2) is 48.8 Å². The first-order valence-corrected chi connectivity index (χ1v) is 11.1. The van der Waals surface area contributed by atoms with E-state index in [9.17, 15) is 18.0 Å². The molecule has 3 heterocycles. The van der Waals surface area contributed by atoms with E-state index in [-0.39, 0.29) is 23.9 Å². The summed E-state index contributed by atoms with van der Waals surface area (Å²) in [6.45, 7) is 0.152. The van der Waals surface area contributed by atoms with Crippen molar-refractivity contribution in [2.75, 3.05) is 12.4 Å². The van der Waals surface area contributed by atoms with Crippen molar-refractivity contribution >= 4 is 27.5 Å². The van der Waals surface area contributed by atoms with Crippen LogP contribution in [0.3, 0.4) is 0 Å². The quantitative estimate of drug-likeness (QED) is 0.564. The number of amides is 2. The minimum absolute atomic E-state index is 0.152. The zero-order valence-electron chi connectivity index (χ0n) is 16.5. The lowest BCUT2D eigenvalue weighted by Crippen LogP contribution is -2.35. The number of nitrogens with zero attached hydrogens (tertiary/aromatic N) is 3. The number of pyridine rings is 1. The van der Waals surface area contributed by atoms with Crippen LogP contribution in [0.5, 0.6) is 5.75 Å². The van der Waals surface area contributed by atoms with Gasteiger partial charge in [0.2, 0.25) is 0 Å². The number of hydrogen-bond donors (Lipinski definition) is 2. The summed E-state index contributed by atoms with van der Waals surface area (Å²) in [5.41, 5.74) is 2.10. The lowest BCUT2D eigenvalue weighted by Gasteiger charge is -2.12. The molecule has 10 nitrogen and oxygen atoms in total. The molecule has 0 radical (unpaired) electrons. The number of ether oxygens (including phenoxy) is 1. The van der Waals surface area contributed by atoms with Gasteiger partial charge in [-0.05, 0) is 42.0 Å². The number of benzene rings is 1. The highest BCUT2D eigenvalue weighted by Gasteiger charge is 2.33. The number of hydrogen-bond acceptors (Lipinski definition) is 7. The second-order valence-corrected chi connectivity index (χ2v) is 8.97. The zero-order chi connectivity index (χ0) is 22.0. The summed E-state index contributed by atoms with van der Waals surface area (Å²) < 4.78 is 30.7. The van der Waals surface area contributed by atoms with Gasteiger partial charge in [0.25, 0.3) is 0 Å². The Morgan fingerprint density at radius 1 is 1.06 bits per heavy atom. The summed E-state index contributed by atoms with van der Waals surface area (Å²) in [7, 11) is -1.81. The fourth-order valence-corrected chi connectivity index (χ4v) is 4.70. The predicted molar refractivity (Wildman–Crippen MR) is 111 cm³/mol. The molecule has 0 unspecified atom stereocenters. The van der Waals surface area contributed by atoms with Gasteiger partial charge in [0.05, 0.1) is 30.0 Å². The Morgan fingerprint density at radius 2 is 1.77 bits per heavy atom. The van der Waals surface area contributed by atoms with Crippen molar-refractivity contribution in [3.05, 3.63) is 65.6 Å². The Balaban J connectivity index is 1.58. The second-order valence-electron chi connectivity index (χ2n) is 6.91. The molecule has 160 valence electrons. The minimum atomic E-state index is -3.35. The number of aromatic nitrogens is 3. The average molecular weight is 441 g/mol. The van der Waals surface area contributed by atoms with E-state index < -0.39 is 21.7 Å². The number of anilines is 1. The fraction of sp³-hybridized carbons (Fsp3) is 0.200. The van der Waals surface area contributed by atoms with Gasteiger partial charge in [-0.2, -0.15) is 5.10 Å². The minimum Gasteiger partial charge on any atom is -0.497 e. The van der Waals surface area contributed by atoms with Crippen molar-refractivity contribution in [2.45, 2.75) is 18.1 Å². The second kappa shape index (κ2) is 8.19. The number of nitrogens with one attached hydrogen (secondary N) is 2. The molecule has 0 fully saturated rings. The number of sulfone groups is 1. The maximum absolute atomic E-state index is 12.5. The highest BCUT2D eigenvalue weighted by atomic mass is 32.2. The van der Waals surface area contributed by atoms with E-state index in [0.29, 0.717) is 22.7 Å². The highest BCUT2D eigenvalue weighted by Crippen LogP contribution is 2.33. The van der Waals surface area contributed by atoms with Crippen molar-refractivity contribution in [3.8, 4) is 11.4 Å². The van der Waals surface area contributed by atoms with Crippen LogP contribution < -0.4 is 15.4 Å². The molecular formula is C20H19N5O5S. The Bertz CT molecular complexity index is 1240. The van der Waals surface area contributed by atoms with Gasteiger partial charge in [-0.1, -0.05) is 0 Å². The van der Waals surface area contributed by atoms with E-state index in [4.69, 9.17) is 4.74 Å². The highest BCUT2D eigenvalue weighted by molar-refractivity contribution is 7.90. The fourth-order valence-electron chi connectivity index (χ4n) is 3.21. The number of methoxy groups -OCH3 is 1. The van der Waals surface area contributed by atoms with E-state index in [1.54, 1.807) is 55.9 Å². The Hall–Kier alpha value is -3.73. The molecule has 0 spiro atoms. The third-order valence-corrected chi connectivity index (χ3v) is 6.19. The van der Waals surface area contributed by atoms with Crippen LogP contribution >= 0.6 is 0 Å². The molecule has 2 amide bonds. The largest absolute Gasteiger partial charge is 0.497 e. The summed E-state index contributed by atoms with van der Waals surface area (Å²) in [4.78, 5) is 28.7. The Kier molecular flexibility index (Phi) is 5.42. The molecule has 0 saturated carbocycles. The molecule has 31 heavy (non-hydrogen) atoms. The van der Waals surface area contributed by atoms with Gasteiger partial charge >= 0.3 is 11.8 Å². The zero-order valence-corrected chi connectivity index (χ0v) is 17.3. The Morgan fingerprint density at radius 3 is 2.45 bits per heavy atom. The van der Waals surface area contributed by atoms with Crippen molar-refractivity contribution in [3.63, 3.8) is 0 Å². The Labute approximate surface area is 178 Å². The molecule has 0 bridgehead atoms. The van der Waals surface area contributed by atoms with Gasteiger partial charge in [-0.15, -0.1) is 0 Å². The first-order valence-electron chi connectivity index (χ1n) is 9.30. The van der Waals surface area contributed by atoms with Crippen molar-refractivity contribution in [2.24, 2.45) is 0 Å². The van der Waals surface area contributed by atoms with E-state index in [0.717, 1.165) is 5.56 Å². The smallest absolute Gasteiger partial charge is 0.314 e. The van der Waals surface area contributed by atoms with Crippen LogP contribution in [-0.2, 0) is 37.5 Å². The summed E-state index contributed by atoms with van der Waals surface area (Å²) in [5, 5.41) is 9.42. The summed E-state index contributed by atoms with van der Waals surface area (Å²) in [5.74, 6) is -1.46. The van der Waals surface area contributed by atoms with Crippen molar-refractivity contribution < 1.29 is 22.7 Å². The first kappa shape index (κ1) is 20.5. The monoisotopic (exact) mass is 441 g/mol. The predicted octanol–water partition coefficient (Wildman–Crippen LogP) is 0.959. The van der Waals surface area contributed by atoms with Crippen LogP contribution in [0.4, 0.5) is 5.82 Å². The van der Waals surface area contributed by atoms with Crippen LogP contribution in [0, 0.1) is 0 Å². The van der Waals surface area contributed by atoms with Crippen LogP contribution in [0.2, 0.25) is 0 Å². The third-order valence-electron chi connectivity index (χ3n) is 4.75. The van der Waals surface area contributed by atoms with Crippen LogP contribution in [0.25, 0.3) is 5.69 Å². The van der Waals surface area contributed by atoms with Crippen LogP contribution in [0.1, 0.15) is 16.8 Å². The molecule has 1 aliphatic heterocycles. The van der Waals surface area contributed by atoms with Gasteiger partial charge in [0.1, 0.15) is 11.6 Å². The molecule has 0 saturated heterocycles. The van der Waals surface area contributed by atoms with Gasteiger partial charge in [0, 0.05) is 24.5 Å². The maximum atomic E-state index is 12.5. The third kappa shape index (κ3) is 4.40. The van der Waals surface area contributed by atoms with Crippen LogP contribution in [-0.4, -0.2) is 42.1 Å².